The van der Waals surface area contributed by atoms with Crippen LogP contribution in [0, 0.1) is 11.6 Å². The molecule has 22 heavy (non-hydrogen) atoms. The number of hydrogen-bond donors (Lipinski definition) is 0. The minimum Gasteiger partial charge on any atom is -0.449 e. The molecule has 0 amide bonds. The Morgan fingerprint density at radius 2 is 1.91 bits per heavy atom. The van der Waals surface area contributed by atoms with Crippen molar-refractivity contribution in [2.24, 2.45) is 0 Å². The molecule has 0 N–H and O–H groups in total. The smallest absolute Gasteiger partial charge is 0.221 e. The lowest BCUT2D eigenvalue weighted by Crippen LogP contribution is -2.21. The van der Waals surface area contributed by atoms with Crippen LogP contribution in [0.25, 0.3) is 22.6 Å². The average Bonchev–Trinajstić information content (AvgIpc) is 2.52. The van der Waals surface area contributed by atoms with E-state index < -0.39 is 22.8 Å². The Balaban J connectivity index is 2.30. The van der Waals surface area contributed by atoms with Gasteiger partial charge in [-0.1, -0.05) is 0 Å². The molecule has 1 aromatic carbocycles. The van der Waals surface area contributed by atoms with Crippen molar-refractivity contribution in [3.05, 3.63) is 46.1 Å². The van der Waals surface area contributed by atoms with E-state index in [4.69, 9.17) is 4.42 Å². The molecular weight excluding hydrogens is 290 g/mol. The quantitative estimate of drug-likeness (QED) is 0.696. The fourth-order valence-corrected chi connectivity index (χ4v) is 2.46. The Labute approximate surface area is 125 Å². The van der Waals surface area contributed by atoms with Crippen molar-refractivity contribution < 1.29 is 13.2 Å². The summed E-state index contributed by atoms with van der Waals surface area (Å²) in [5.74, 6) is -2.46. The number of halogens is 2. The maximum Gasteiger partial charge on any atom is 0.221 e. The van der Waals surface area contributed by atoms with E-state index >= 15 is 0 Å². The lowest BCUT2D eigenvalue weighted by Gasteiger charge is -2.21. The van der Waals surface area contributed by atoms with Gasteiger partial charge in [0.25, 0.3) is 0 Å². The first-order valence-electron chi connectivity index (χ1n) is 7.02. The molecule has 3 rings (SSSR count). The maximum absolute atomic E-state index is 13.9. The molecule has 114 valence electrons. The summed E-state index contributed by atoms with van der Waals surface area (Å²) in [6.07, 6.45) is 0. The second-order valence-electron chi connectivity index (χ2n) is 4.89. The van der Waals surface area contributed by atoms with Crippen LogP contribution in [0.3, 0.4) is 0 Å². The minimum absolute atomic E-state index is 0.278. The van der Waals surface area contributed by atoms with Gasteiger partial charge in [-0.15, -0.1) is 0 Å². The molecule has 0 bridgehead atoms. The number of aromatic nitrogens is 1. The molecule has 0 fully saturated rings. The molecule has 1 aromatic rings. The number of rotatable bonds is 3. The van der Waals surface area contributed by atoms with Gasteiger partial charge in [0.15, 0.2) is 17.2 Å². The van der Waals surface area contributed by atoms with E-state index in [1.807, 2.05) is 19.9 Å². The molecule has 0 spiro atoms. The lowest BCUT2D eigenvalue weighted by molar-refractivity contribution is 0.518. The summed E-state index contributed by atoms with van der Waals surface area (Å²) < 4.78 is 33.1. The Morgan fingerprint density at radius 3 is 2.59 bits per heavy atom. The second-order valence-corrected chi connectivity index (χ2v) is 4.89. The van der Waals surface area contributed by atoms with Crippen LogP contribution in [0.2, 0.25) is 0 Å². The topological polar surface area (TPSA) is 46.3 Å². The Hall–Kier alpha value is -2.50. The molecule has 0 unspecified atom stereocenters. The van der Waals surface area contributed by atoms with Crippen LogP contribution in [0.1, 0.15) is 13.8 Å². The van der Waals surface area contributed by atoms with Crippen molar-refractivity contribution in [2.75, 3.05) is 18.0 Å². The SMILES string of the molecule is CCN(CC)c1ccc2nc3c(F)cc(=O)c(F)c-3oc2c1. The third-order valence-corrected chi connectivity index (χ3v) is 3.63. The number of anilines is 1. The highest BCUT2D eigenvalue weighted by atomic mass is 19.1. The van der Waals surface area contributed by atoms with Gasteiger partial charge in [-0.25, -0.2) is 9.37 Å². The molecule has 0 aromatic heterocycles. The van der Waals surface area contributed by atoms with E-state index in [0.717, 1.165) is 18.8 Å². The monoisotopic (exact) mass is 304 g/mol. The first-order valence-corrected chi connectivity index (χ1v) is 7.02. The van der Waals surface area contributed by atoms with E-state index in [-0.39, 0.29) is 5.69 Å². The van der Waals surface area contributed by atoms with Crippen LogP contribution in [0.4, 0.5) is 14.5 Å². The van der Waals surface area contributed by atoms with Gasteiger partial charge in [0.2, 0.25) is 11.2 Å². The van der Waals surface area contributed by atoms with Crippen LogP contribution < -0.4 is 10.3 Å². The molecular formula is C16H14F2N2O2. The van der Waals surface area contributed by atoms with Gasteiger partial charge in [-0.3, -0.25) is 4.79 Å². The van der Waals surface area contributed by atoms with Gasteiger partial charge in [0.1, 0.15) is 11.2 Å². The van der Waals surface area contributed by atoms with Crippen molar-refractivity contribution in [2.45, 2.75) is 13.8 Å². The van der Waals surface area contributed by atoms with Crippen molar-refractivity contribution in [3.63, 3.8) is 0 Å². The molecule has 1 heterocycles. The highest BCUT2D eigenvalue weighted by Gasteiger charge is 2.22. The maximum atomic E-state index is 13.9. The average molecular weight is 304 g/mol. The van der Waals surface area contributed by atoms with Crippen LogP contribution in [-0.2, 0) is 0 Å². The Morgan fingerprint density at radius 1 is 1.18 bits per heavy atom. The van der Waals surface area contributed by atoms with Gasteiger partial charge in [0.05, 0.1) is 0 Å². The Kier molecular flexibility index (Phi) is 3.52. The zero-order valence-electron chi connectivity index (χ0n) is 12.2. The summed E-state index contributed by atoms with van der Waals surface area (Å²) in [5, 5.41) is 0. The molecule has 0 atom stereocenters. The molecule has 0 radical (unpaired) electrons. The molecule has 0 saturated carbocycles. The van der Waals surface area contributed by atoms with Gasteiger partial charge in [-0.05, 0) is 26.0 Å². The number of hydrogen-bond acceptors (Lipinski definition) is 4. The highest BCUT2D eigenvalue weighted by molar-refractivity contribution is 5.80. The lowest BCUT2D eigenvalue weighted by atomic mass is 10.2. The van der Waals surface area contributed by atoms with Crippen molar-refractivity contribution >= 4 is 16.8 Å². The van der Waals surface area contributed by atoms with Gasteiger partial charge < -0.3 is 9.32 Å². The first kappa shape index (κ1) is 14.4. The predicted octanol–water partition coefficient (Wildman–Crippen LogP) is 3.42. The van der Waals surface area contributed by atoms with E-state index in [2.05, 4.69) is 9.88 Å². The molecule has 1 aliphatic carbocycles. The number of benzene rings is 2. The van der Waals surface area contributed by atoms with E-state index in [9.17, 15) is 13.6 Å². The molecule has 1 aliphatic heterocycles. The summed E-state index contributed by atoms with van der Waals surface area (Å²) in [6, 6.07) is 5.83. The van der Waals surface area contributed by atoms with Gasteiger partial charge in [0, 0.05) is 30.9 Å². The summed E-state index contributed by atoms with van der Waals surface area (Å²) in [5.41, 5.74) is 0.276. The van der Waals surface area contributed by atoms with Gasteiger partial charge >= 0.3 is 0 Å². The minimum atomic E-state index is -1.13. The fourth-order valence-electron chi connectivity index (χ4n) is 2.46. The largest absolute Gasteiger partial charge is 0.449 e. The molecule has 4 nitrogen and oxygen atoms in total. The predicted molar refractivity (Wildman–Crippen MR) is 80.4 cm³/mol. The normalized spacial score (nSPS) is 11.3. The van der Waals surface area contributed by atoms with Crippen molar-refractivity contribution in [1.29, 1.82) is 0 Å². The summed E-state index contributed by atoms with van der Waals surface area (Å²) in [4.78, 5) is 17.5. The van der Waals surface area contributed by atoms with E-state index in [1.165, 1.54) is 0 Å². The molecule has 6 heteroatoms. The highest BCUT2D eigenvalue weighted by Crippen LogP contribution is 2.30. The third-order valence-electron chi connectivity index (χ3n) is 3.63. The van der Waals surface area contributed by atoms with Crippen LogP contribution in [-0.4, -0.2) is 18.1 Å². The van der Waals surface area contributed by atoms with Crippen LogP contribution in [0.15, 0.2) is 33.5 Å². The van der Waals surface area contributed by atoms with Crippen molar-refractivity contribution in [3.8, 4) is 11.5 Å². The molecule has 2 aliphatic rings. The van der Waals surface area contributed by atoms with Crippen LogP contribution in [0.5, 0.6) is 0 Å². The second kappa shape index (κ2) is 5.36. The Bertz CT molecular complexity index is 872. The number of fused-ring (bicyclic) bond motifs is 2. The van der Waals surface area contributed by atoms with E-state index in [0.29, 0.717) is 17.2 Å². The summed E-state index contributed by atoms with van der Waals surface area (Å²) >= 11 is 0. The fraction of sp³-hybridized carbons (Fsp3) is 0.250. The number of nitrogens with zero attached hydrogens (tertiary/aromatic N) is 2. The first-order chi connectivity index (χ1) is 10.5. The van der Waals surface area contributed by atoms with Crippen LogP contribution >= 0.6 is 0 Å². The van der Waals surface area contributed by atoms with E-state index in [1.54, 1.807) is 12.1 Å². The zero-order valence-corrected chi connectivity index (χ0v) is 12.2. The van der Waals surface area contributed by atoms with Gasteiger partial charge in [-0.2, -0.15) is 4.39 Å². The third kappa shape index (κ3) is 2.20. The standard InChI is InChI=1S/C16H14F2N2O2/c1-3-20(4-2)9-5-6-11-13(7-9)22-16-14(18)12(21)8-10(17)15(16)19-11/h5-8H,3-4H2,1-2H3. The van der Waals surface area contributed by atoms with Crippen molar-refractivity contribution in [1.82, 2.24) is 4.98 Å². The summed E-state index contributed by atoms with van der Waals surface area (Å²) in [7, 11) is 0. The molecule has 0 saturated heterocycles. The summed E-state index contributed by atoms with van der Waals surface area (Å²) in [6.45, 7) is 5.64. The zero-order chi connectivity index (χ0) is 15.9.